The lowest BCUT2D eigenvalue weighted by molar-refractivity contribution is 0.0600. The van der Waals surface area contributed by atoms with Crippen molar-refractivity contribution in [3.63, 3.8) is 0 Å². The first kappa shape index (κ1) is 13.1. The monoisotopic (exact) mass is 329 g/mol. The van der Waals surface area contributed by atoms with E-state index in [1.54, 1.807) is 25.1 Å². The molecule has 0 radical (unpaired) electrons. The number of rotatable bonds is 2. The van der Waals surface area contributed by atoms with Crippen molar-refractivity contribution in [1.82, 2.24) is 5.16 Å². The van der Waals surface area contributed by atoms with Gasteiger partial charge in [0.2, 0.25) is 0 Å². The molecule has 0 aliphatic carbocycles. The summed E-state index contributed by atoms with van der Waals surface area (Å²) in [5.41, 5.74) is 1.36. The van der Waals surface area contributed by atoms with E-state index in [1.165, 1.54) is 7.11 Å². The van der Waals surface area contributed by atoms with Gasteiger partial charge in [-0.25, -0.2) is 4.79 Å². The van der Waals surface area contributed by atoms with Gasteiger partial charge in [-0.3, -0.25) is 0 Å². The summed E-state index contributed by atoms with van der Waals surface area (Å²) >= 11 is 9.44. The van der Waals surface area contributed by atoms with Gasteiger partial charge >= 0.3 is 5.97 Å². The molecule has 2 aromatic rings. The van der Waals surface area contributed by atoms with Crippen LogP contribution in [0.25, 0.3) is 11.3 Å². The summed E-state index contributed by atoms with van der Waals surface area (Å²) in [5, 5.41) is 4.24. The van der Waals surface area contributed by atoms with E-state index in [9.17, 15) is 4.79 Å². The highest BCUT2D eigenvalue weighted by atomic mass is 79.9. The van der Waals surface area contributed by atoms with Crippen molar-refractivity contribution in [3.05, 3.63) is 39.0 Å². The Bertz CT molecular complexity index is 609. The van der Waals surface area contributed by atoms with Gasteiger partial charge in [-0.1, -0.05) is 32.7 Å². The average molecular weight is 331 g/mol. The Morgan fingerprint density at radius 2 is 2.22 bits per heavy atom. The molecule has 0 atom stereocenters. The molecule has 1 aromatic heterocycles. The van der Waals surface area contributed by atoms with Gasteiger partial charge in [-0.15, -0.1) is 0 Å². The van der Waals surface area contributed by atoms with Crippen molar-refractivity contribution in [2.45, 2.75) is 6.92 Å². The van der Waals surface area contributed by atoms with Crippen molar-refractivity contribution in [3.8, 4) is 11.3 Å². The smallest absolute Gasteiger partial charge is 0.343 e. The molecule has 4 nitrogen and oxygen atoms in total. The summed E-state index contributed by atoms with van der Waals surface area (Å²) in [7, 11) is 1.31. The van der Waals surface area contributed by atoms with Crippen LogP contribution >= 0.6 is 27.5 Å². The van der Waals surface area contributed by atoms with Gasteiger partial charge in [-0.05, 0) is 25.1 Å². The number of halogens is 2. The third-order valence-corrected chi connectivity index (χ3v) is 3.23. The number of hydrogen-bond acceptors (Lipinski definition) is 4. The van der Waals surface area contributed by atoms with E-state index in [-0.39, 0.29) is 0 Å². The Balaban J connectivity index is 2.61. The van der Waals surface area contributed by atoms with Crippen LogP contribution < -0.4 is 0 Å². The predicted molar refractivity (Wildman–Crippen MR) is 70.7 cm³/mol. The first-order chi connectivity index (χ1) is 8.54. The summed E-state index contributed by atoms with van der Waals surface area (Å²) in [6, 6.07) is 5.27. The molecule has 18 heavy (non-hydrogen) atoms. The fourth-order valence-corrected chi connectivity index (χ4v) is 2.33. The molecule has 0 fully saturated rings. The highest BCUT2D eigenvalue weighted by Crippen LogP contribution is 2.34. The second kappa shape index (κ2) is 5.12. The number of aromatic nitrogens is 1. The van der Waals surface area contributed by atoms with Crippen molar-refractivity contribution in [1.29, 1.82) is 0 Å². The number of esters is 1. The fourth-order valence-electron chi connectivity index (χ4n) is 1.57. The molecule has 0 aliphatic rings. The lowest BCUT2D eigenvalue weighted by Crippen LogP contribution is -2.03. The third kappa shape index (κ3) is 2.28. The summed E-state index contributed by atoms with van der Waals surface area (Å²) in [5.74, 6) is -0.181. The molecule has 0 spiro atoms. The van der Waals surface area contributed by atoms with Crippen LogP contribution in [0.3, 0.4) is 0 Å². The molecule has 6 heteroatoms. The molecular formula is C12H9BrClNO3. The highest BCUT2D eigenvalue weighted by Gasteiger charge is 2.23. The van der Waals surface area contributed by atoms with Crippen LogP contribution in [-0.2, 0) is 4.74 Å². The lowest BCUT2D eigenvalue weighted by atomic mass is 10.1. The topological polar surface area (TPSA) is 52.3 Å². The Hall–Kier alpha value is -1.33. The van der Waals surface area contributed by atoms with Gasteiger partial charge < -0.3 is 9.26 Å². The van der Waals surface area contributed by atoms with Gasteiger partial charge in [0.05, 0.1) is 17.8 Å². The van der Waals surface area contributed by atoms with E-state index < -0.39 is 5.97 Å². The summed E-state index contributed by atoms with van der Waals surface area (Å²) in [6.45, 7) is 1.67. The van der Waals surface area contributed by atoms with Crippen molar-refractivity contribution in [2.75, 3.05) is 7.11 Å². The average Bonchev–Trinajstić information content (AvgIpc) is 2.70. The number of nitrogens with zero attached hydrogens (tertiary/aromatic N) is 1. The molecule has 94 valence electrons. The second-order valence-corrected chi connectivity index (χ2v) is 4.91. The Labute approximate surface area is 117 Å². The molecule has 0 amide bonds. The number of carbonyl (C=O) groups excluding carboxylic acids is 1. The van der Waals surface area contributed by atoms with Gasteiger partial charge in [-0.2, -0.15) is 0 Å². The zero-order chi connectivity index (χ0) is 13.3. The zero-order valence-corrected chi connectivity index (χ0v) is 12.0. The molecule has 0 saturated heterocycles. The van der Waals surface area contributed by atoms with Gasteiger partial charge in [0.25, 0.3) is 0 Å². The van der Waals surface area contributed by atoms with Crippen LogP contribution in [0.5, 0.6) is 0 Å². The number of aryl methyl sites for hydroxylation is 1. The maximum Gasteiger partial charge on any atom is 0.343 e. The Morgan fingerprint density at radius 3 is 2.83 bits per heavy atom. The second-order valence-electron chi connectivity index (χ2n) is 3.59. The molecule has 1 aromatic carbocycles. The van der Waals surface area contributed by atoms with Crippen molar-refractivity contribution >= 4 is 33.5 Å². The third-order valence-electron chi connectivity index (χ3n) is 2.43. The molecule has 0 saturated carbocycles. The first-order valence-corrected chi connectivity index (χ1v) is 6.21. The maximum absolute atomic E-state index is 11.7. The summed E-state index contributed by atoms with van der Waals surface area (Å²) < 4.78 is 10.7. The van der Waals surface area contributed by atoms with E-state index >= 15 is 0 Å². The summed E-state index contributed by atoms with van der Waals surface area (Å²) in [4.78, 5) is 11.7. The zero-order valence-electron chi connectivity index (χ0n) is 9.66. The Kier molecular flexibility index (Phi) is 3.73. The van der Waals surface area contributed by atoms with Crippen LogP contribution in [0.4, 0.5) is 0 Å². The van der Waals surface area contributed by atoms with Gasteiger partial charge in [0.1, 0.15) is 5.56 Å². The van der Waals surface area contributed by atoms with Crippen LogP contribution in [-0.4, -0.2) is 18.2 Å². The predicted octanol–water partition coefficient (Wildman–Crippen LogP) is 3.85. The van der Waals surface area contributed by atoms with E-state index in [2.05, 4.69) is 21.1 Å². The normalized spacial score (nSPS) is 10.4. The van der Waals surface area contributed by atoms with Crippen LogP contribution in [0.2, 0.25) is 5.02 Å². The first-order valence-electron chi connectivity index (χ1n) is 5.04. The van der Waals surface area contributed by atoms with Crippen LogP contribution in [0, 0.1) is 6.92 Å². The number of methoxy groups -OCH3 is 1. The minimum absolute atomic E-state index is 0.293. The largest absolute Gasteiger partial charge is 0.465 e. The van der Waals surface area contributed by atoms with Gasteiger partial charge in [0, 0.05) is 10.0 Å². The standard InChI is InChI=1S/C12H9BrClNO3/c1-6-10(12(16)17-2)11(18-15-6)8-4-3-7(13)5-9(8)14/h3-5H,1-2H3. The highest BCUT2D eigenvalue weighted by molar-refractivity contribution is 9.10. The molecular weight excluding hydrogens is 321 g/mol. The van der Waals surface area contributed by atoms with E-state index in [4.69, 9.17) is 20.9 Å². The quantitative estimate of drug-likeness (QED) is 0.785. The van der Waals surface area contributed by atoms with Gasteiger partial charge in [0.15, 0.2) is 5.76 Å². The SMILES string of the molecule is COC(=O)c1c(C)noc1-c1ccc(Br)cc1Cl. The van der Waals surface area contributed by atoms with Crippen molar-refractivity contribution < 1.29 is 14.1 Å². The minimum Gasteiger partial charge on any atom is -0.465 e. The van der Waals surface area contributed by atoms with E-state index in [0.717, 1.165) is 4.47 Å². The number of benzene rings is 1. The van der Waals surface area contributed by atoms with Crippen LogP contribution in [0.1, 0.15) is 16.1 Å². The number of carbonyl (C=O) groups is 1. The maximum atomic E-state index is 11.7. The fraction of sp³-hybridized carbons (Fsp3) is 0.167. The molecule has 1 heterocycles. The molecule has 2 rings (SSSR count). The molecule has 0 bridgehead atoms. The molecule has 0 aliphatic heterocycles. The Morgan fingerprint density at radius 1 is 1.50 bits per heavy atom. The molecule has 0 N–H and O–H groups in total. The van der Waals surface area contributed by atoms with Crippen LogP contribution in [0.15, 0.2) is 27.2 Å². The number of hydrogen-bond donors (Lipinski definition) is 0. The van der Waals surface area contributed by atoms with Crippen molar-refractivity contribution in [2.24, 2.45) is 0 Å². The molecule has 0 unspecified atom stereocenters. The van der Waals surface area contributed by atoms with E-state index in [0.29, 0.717) is 27.6 Å². The minimum atomic E-state index is -0.497. The number of ether oxygens (including phenoxy) is 1. The summed E-state index contributed by atoms with van der Waals surface area (Å²) in [6.07, 6.45) is 0. The van der Waals surface area contributed by atoms with E-state index in [1.807, 2.05) is 0 Å². The lowest BCUT2D eigenvalue weighted by Gasteiger charge is -2.03.